The predicted molar refractivity (Wildman–Crippen MR) is 133 cm³/mol. The zero-order valence-electron chi connectivity index (χ0n) is 20.0. The van der Waals surface area contributed by atoms with Gasteiger partial charge in [-0.05, 0) is 34.7 Å². The van der Waals surface area contributed by atoms with Crippen molar-refractivity contribution in [3.8, 4) is 0 Å². The number of para-hydroxylation sites is 1. The van der Waals surface area contributed by atoms with E-state index in [0.717, 1.165) is 27.7 Å². The molecule has 0 saturated carbocycles. The number of nitrogens with one attached hydrogen (secondary N) is 2. The van der Waals surface area contributed by atoms with Gasteiger partial charge in [0.2, 0.25) is 5.91 Å². The average molecular weight is 456 g/mol. The second-order valence-electron chi connectivity index (χ2n) is 10.0. The Balaban J connectivity index is 1.27. The lowest BCUT2D eigenvalue weighted by Gasteiger charge is -2.19. The maximum atomic E-state index is 13.1. The fraction of sp³-hybridized carbons (Fsp3) is 0.296. The number of amides is 2. The highest BCUT2D eigenvalue weighted by molar-refractivity contribution is 6.04. The van der Waals surface area contributed by atoms with Crippen LogP contribution in [0.3, 0.4) is 0 Å². The minimum Gasteiger partial charge on any atom is -0.350 e. The number of aryl methyl sites for hydroxylation is 1. The van der Waals surface area contributed by atoms with E-state index in [4.69, 9.17) is 0 Å². The van der Waals surface area contributed by atoms with Gasteiger partial charge in [-0.15, -0.1) is 0 Å². The Bertz CT molecular complexity index is 1390. The summed E-state index contributed by atoms with van der Waals surface area (Å²) < 4.78 is 2.05. The third kappa shape index (κ3) is 3.98. The Hall–Kier alpha value is -3.87. The van der Waals surface area contributed by atoms with Gasteiger partial charge in [-0.25, -0.2) is 0 Å². The molecule has 0 fully saturated rings. The minimum atomic E-state index is -0.213. The Kier molecular flexibility index (Phi) is 5.27. The molecule has 0 spiro atoms. The van der Waals surface area contributed by atoms with Crippen LogP contribution >= 0.6 is 0 Å². The van der Waals surface area contributed by atoms with Crippen LogP contribution in [0.5, 0.6) is 0 Å². The third-order valence-electron chi connectivity index (χ3n) is 6.57. The average Bonchev–Trinajstić information content (AvgIpc) is 3.48. The number of hydrogen-bond acceptors (Lipinski definition) is 3. The summed E-state index contributed by atoms with van der Waals surface area (Å²) in [6, 6.07) is 15.7. The van der Waals surface area contributed by atoms with E-state index < -0.39 is 0 Å². The number of fused-ring (bicyclic) bond motifs is 2. The molecule has 0 saturated heterocycles. The second kappa shape index (κ2) is 8.17. The van der Waals surface area contributed by atoms with Crippen LogP contribution in [0.1, 0.15) is 53.5 Å². The topological polar surface area (TPSA) is 83.0 Å². The van der Waals surface area contributed by atoms with Crippen molar-refractivity contribution >= 4 is 28.5 Å². The highest BCUT2D eigenvalue weighted by atomic mass is 16.2. The van der Waals surface area contributed by atoms with Crippen molar-refractivity contribution in [2.24, 2.45) is 7.05 Å². The van der Waals surface area contributed by atoms with Crippen molar-refractivity contribution in [3.05, 3.63) is 82.7 Å². The van der Waals surface area contributed by atoms with Gasteiger partial charge in [0, 0.05) is 35.3 Å². The van der Waals surface area contributed by atoms with Crippen LogP contribution in [-0.2, 0) is 36.8 Å². The molecule has 0 aliphatic carbocycles. The maximum absolute atomic E-state index is 13.1. The van der Waals surface area contributed by atoms with Crippen molar-refractivity contribution in [2.75, 3.05) is 5.32 Å². The van der Waals surface area contributed by atoms with Gasteiger partial charge in [0.05, 0.1) is 25.2 Å². The van der Waals surface area contributed by atoms with Gasteiger partial charge in [-0.2, -0.15) is 5.10 Å². The summed E-state index contributed by atoms with van der Waals surface area (Å²) in [5.74, 6) is 0.326. The molecule has 0 radical (unpaired) electrons. The molecule has 2 N–H and O–H groups in total. The first kappa shape index (κ1) is 21.9. The Labute approximate surface area is 198 Å². The molecule has 1 aliphatic rings. The summed E-state index contributed by atoms with van der Waals surface area (Å²) >= 11 is 0. The summed E-state index contributed by atoms with van der Waals surface area (Å²) in [6.07, 6.45) is 2.36. The van der Waals surface area contributed by atoms with E-state index in [-0.39, 0.29) is 17.2 Å². The quantitative estimate of drug-likeness (QED) is 0.474. The minimum absolute atomic E-state index is 0.0278. The van der Waals surface area contributed by atoms with Gasteiger partial charge < -0.3 is 14.8 Å². The lowest BCUT2D eigenvalue weighted by atomic mass is 9.87. The summed E-state index contributed by atoms with van der Waals surface area (Å²) in [5.41, 5.74) is 5.64. The van der Waals surface area contributed by atoms with Gasteiger partial charge in [0.1, 0.15) is 0 Å². The van der Waals surface area contributed by atoms with Crippen LogP contribution in [0.4, 0.5) is 5.82 Å². The number of rotatable bonds is 4. The number of hydrogen-bond donors (Lipinski definition) is 2. The molecule has 174 valence electrons. The van der Waals surface area contributed by atoms with Crippen LogP contribution in [0.2, 0.25) is 0 Å². The molecule has 0 atom stereocenters. The zero-order valence-corrected chi connectivity index (χ0v) is 20.0. The van der Waals surface area contributed by atoms with E-state index in [1.54, 1.807) is 4.90 Å². The molecule has 7 heteroatoms. The van der Waals surface area contributed by atoms with E-state index in [2.05, 4.69) is 53.0 Å². The molecular formula is C27H29N5O2. The lowest BCUT2D eigenvalue weighted by molar-refractivity contribution is -0.131. The number of anilines is 1. The van der Waals surface area contributed by atoms with E-state index in [0.29, 0.717) is 30.9 Å². The summed E-state index contributed by atoms with van der Waals surface area (Å²) in [7, 11) is 1.99. The van der Waals surface area contributed by atoms with Crippen molar-refractivity contribution in [3.63, 3.8) is 0 Å². The van der Waals surface area contributed by atoms with Crippen molar-refractivity contribution in [1.29, 1.82) is 0 Å². The van der Waals surface area contributed by atoms with Gasteiger partial charge >= 0.3 is 0 Å². The highest BCUT2D eigenvalue weighted by Gasteiger charge is 2.29. The van der Waals surface area contributed by atoms with Crippen LogP contribution in [0, 0.1) is 0 Å². The van der Waals surface area contributed by atoms with E-state index in [1.165, 1.54) is 5.56 Å². The van der Waals surface area contributed by atoms with Crippen molar-refractivity contribution < 1.29 is 9.59 Å². The van der Waals surface area contributed by atoms with Crippen LogP contribution in [0.15, 0.2) is 54.7 Å². The largest absolute Gasteiger partial charge is 0.350 e. The fourth-order valence-electron chi connectivity index (χ4n) is 4.56. The summed E-state index contributed by atoms with van der Waals surface area (Å²) in [6.45, 7) is 7.31. The lowest BCUT2D eigenvalue weighted by Crippen LogP contribution is -2.27. The predicted octanol–water partition coefficient (Wildman–Crippen LogP) is 4.54. The zero-order chi connectivity index (χ0) is 24.0. The molecule has 4 aromatic rings. The van der Waals surface area contributed by atoms with E-state index >= 15 is 0 Å². The molecule has 0 unspecified atom stereocenters. The molecule has 7 nitrogen and oxygen atoms in total. The molecule has 1 aliphatic heterocycles. The molecule has 0 bridgehead atoms. The van der Waals surface area contributed by atoms with Gasteiger partial charge in [0.25, 0.3) is 5.91 Å². The summed E-state index contributed by atoms with van der Waals surface area (Å²) in [5, 5.41) is 11.3. The monoisotopic (exact) mass is 455 g/mol. The van der Waals surface area contributed by atoms with Crippen molar-refractivity contribution in [1.82, 2.24) is 19.7 Å². The van der Waals surface area contributed by atoms with Crippen LogP contribution in [-0.4, -0.2) is 31.5 Å². The number of H-pyrrole nitrogens is 1. The first-order chi connectivity index (χ1) is 16.2. The number of carbonyl (C=O) groups is 2. The standard InChI is InChI=1S/C27H29N5O2/c1-27(2,3)19-11-9-17(10-12-19)26(34)28-25-21-15-32(16-22(21)29-30-25)24(33)13-18-14-31(4)23-8-6-5-7-20(18)23/h5-12,14H,13,15-16H2,1-4H3,(H2,28,29,30,34). The molecule has 5 rings (SSSR count). The van der Waals surface area contributed by atoms with Gasteiger partial charge in [-0.1, -0.05) is 51.1 Å². The summed E-state index contributed by atoms with van der Waals surface area (Å²) in [4.78, 5) is 27.7. The molecule has 3 heterocycles. The number of nitrogens with zero attached hydrogens (tertiary/aromatic N) is 3. The highest BCUT2D eigenvalue weighted by Crippen LogP contribution is 2.29. The van der Waals surface area contributed by atoms with E-state index in [1.807, 2.05) is 49.6 Å². The van der Waals surface area contributed by atoms with E-state index in [9.17, 15) is 9.59 Å². The van der Waals surface area contributed by atoms with Crippen LogP contribution in [0.25, 0.3) is 10.9 Å². The Morgan fingerprint density at radius 1 is 1.06 bits per heavy atom. The molecular weight excluding hydrogens is 426 g/mol. The number of aromatic nitrogens is 3. The number of aromatic amines is 1. The molecule has 2 aromatic carbocycles. The normalized spacial score (nSPS) is 13.4. The number of benzene rings is 2. The molecule has 2 aromatic heterocycles. The van der Waals surface area contributed by atoms with Gasteiger partial charge in [-0.3, -0.25) is 14.7 Å². The SMILES string of the molecule is Cn1cc(CC(=O)N2Cc3[nH]nc(NC(=O)c4ccc(C(C)(C)C)cc4)c3C2)c2ccccc21. The van der Waals surface area contributed by atoms with Crippen LogP contribution < -0.4 is 5.32 Å². The third-order valence-corrected chi connectivity index (χ3v) is 6.57. The smallest absolute Gasteiger partial charge is 0.256 e. The second-order valence-corrected chi connectivity index (χ2v) is 10.0. The van der Waals surface area contributed by atoms with Crippen molar-refractivity contribution in [2.45, 2.75) is 45.7 Å². The molecule has 34 heavy (non-hydrogen) atoms. The Morgan fingerprint density at radius 2 is 1.79 bits per heavy atom. The van der Waals surface area contributed by atoms with Gasteiger partial charge in [0.15, 0.2) is 5.82 Å². The first-order valence-corrected chi connectivity index (χ1v) is 11.5. The maximum Gasteiger partial charge on any atom is 0.256 e. The number of carbonyl (C=O) groups excluding carboxylic acids is 2. The first-order valence-electron chi connectivity index (χ1n) is 11.5. The Morgan fingerprint density at radius 3 is 2.53 bits per heavy atom. The molecule has 2 amide bonds. The fourth-order valence-corrected chi connectivity index (χ4v) is 4.56.